The molecule has 1 N–H and O–H groups in total. The lowest BCUT2D eigenvalue weighted by atomic mass is 10.2. The first-order valence-corrected chi connectivity index (χ1v) is 5.62. The second-order valence-electron chi connectivity index (χ2n) is 3.56. The zero-order valence-corrected chi connectivity index (χ0v) is 10.8. The van der Waals surface area contributed by atoms with Gasteiger partial charge in [-0.25, -0.2) is 0 Å². The molecule has 0 unspecified atom stereocenters. The molecule has 0 heterocycles. The number of nitrogens with zero attached hydrogens (tertiary/aromatic N) is 1. The second kappa shape index (κ2) is 6.09. The highest BCUT2D eigenvalue weighted by Crippen LogP contribution is 2.19. The minimum absolute atomic E-state index is 0.0265. The standard InChI is InChI=1S/C11H14Cl2N2O/c1-14-6-11(16)15(2)7-8-3-9(12)5-10(13)4-8/h3-5,14H,6-7H2,1-2H3. The fraction of sp³-hybridized carbons (Fsp3) is 0.364. The molecule has 0 saturated heterocycles. The van der Waals surface area contributed by atoms with Gasteiger partial charge in [0.1, 0.15) is 0 Å². The molecule has 3 nitrogen and oxygen atoms in total. The monoisotopic (exact) mass is 260 g/mol. The second-order valence-corrected chi connectivity index (χ2v) is 4.43. The van der Waals surface area contributed by atoms with Gasteiger partial charge < -0.3 is 10.2 Å². The average Bonchev–Trinajstić information content (AvgIpc) is 2.16. The molecule has 5 heteroatoms. The minimum Gasteiger partial charge on any atom is -0.340 e. The summed E-state index contributed by atoms with van der Waals surface area (Å²) in [7, 11) is 3.48. The van der Waals surface area contributed by atoms with Crippen LogP contribution in [0.25, 0.3) is 0 Å². The van der Waals surface area contributed by atoms with Gasteiger partial charge in [0, 0.05) is 23.6 Å². The normalized spacial score (nSPS) is 10.2. The van der Waals surface area contributed by atoms with E-state index < -0.39 is 0 Å². The molecule has 0 aromatic heterocycles. The van der Waals surface area contributed by atoms with Gasteiger partial charge in [-0.2, -0.15) is 0 Å². The molecule has 0 aliphatic carbocycles. The SMILES string of the molecule is CNCC(=O)N(C)Cc1cc(Cl)cc(Cl)c1. The van der Waals surface area contributed by atoms with Crippen molar-refractivity contribution in [1.29, 1.82) is 0 Å². The number of hydrogen-bond acceptors (Lipinski definition) is 2. The van der Waals surface area contributed by atoms with Gasteiger partial charge in [0.15, 0.2) is 0 Å². The van der Waals surface area contributed by atoms with E-state index >= 15 is 0 Å². The smallest absolute Gasteiger partial charge is 0.236 e. The van der Waals surface area contributed by atoms with E-state index in [0.717, 1.165) is 5.56 Å². The predicted molar refractivity (Wildman–Crippen MR) is 66.9 cm³/mol. The lowest BCUT2D eigenvalue weighted by Gasteiger charge is -2.17. The van der Waals surface area contributed by atoms with Crippen LogP contribution in [-0.4, -0.2) is 31.4 Å². The Morgan fingerprint density at radius 1 is 1.31 bits per heavy atom. The predicted octanol–water partition coefficient (Wildman–Crippen LogP) is 2.17. The third kappa shape index (κ3) is 4.00. The van der Waals surface area contributed by atoms with Crippen molar-refractivity contribution in [3.63, 3.8) is 0 Å². The van der Waals surface area contributed by atoms with Gasteiger partial charge >= 0.3 is 0 Å². The van der Waals surface area contributed by atoms with Crippen LogP contribution in [0.4, 0.5) is 0 Å². The maximum atomic E-state index is 11.5. The van der Waals surface area contributed by atoms with Gasteiger partial charge in [-0.15, -0.1) is 0 Å². The molecule has 1 aromatic carbocycles. The van der Waals surface area contributed by atoms with Crippen molar-refractivity contribution in [3.05, 3.63) is 33.8 Å². The molecule has 0 fully saturated rings. The highest BCUT2D eigenvalue weighted by molar-refractivity contribution is 6.34. The molecular formula is C11H14Cl2N2O. The number of likely N-dealkylation sites (N-methyl/N-ethyl adjacent to an activating group) is 2. The van der Waals surface area contributed by atoms with Gasteiger partial charge in [-0.1, -0.05) is 23.2 Å². The maximum Gasteiger partial charge on any atom is 0.236 e. The number of rotatable bonds is 4. The van der Waals surface area contributed by atoms with Crippen LogP contribution in [0.15, 0.2) is 18.2 Å². The highest BCUT2D eigenvalue weighted by atomic mass is 35.5. The van der Waals surface area contributed by atoms with Crippen molar-refractivity contribution in [3.8, 4) is 0 Å². The van der Waals surface area contributed by atoms with Gasteiger partial charge in [-0.05, 0) is 30.8 Å². The van der Waals surface area contributed by atoms with Crippen molar-refractivity contribution in [2.45, 2.75) is 6.54 Å². The summed E-state index contributed by atoms with van der Waals surface area (Å²) >= 11 is 11.7. The maximum absolute atomic E-state index is 11.5. The van der Waals surface area contributed by atoms with Crippen LogP contribution in [0.5, 0.6) is 0 Å². The summed E-state index contributed by atoms with van der Waals surface area (Å²) < 4.78 is 0. The van der Waals surface area contributed by atoms with Crippen molar-refractivity contribution in [2.24, 2.45) is 0 Å². The quantitative estimate of drug-likeness (QED) is 0.900. The molecule has 0 bridgehead atoms. The summed E-state index contributed by atoms with van der Waals surface area (Å²) in [6.45, 7) is 0.825. The van der Waals surface area contributed by atoms with E-state index in [1.54, 1.807) is 37.2 Å². The average molecular weight is 261 g/mol. The summed E-state index contributed by atoms with van der Waals surface area (Å²) in [4.78, 5) is 13.1. The van der Waals surface area contributed by atoms with Crippen LogP contribution in [0, 0.1) is 0 Å². The number of halogens is 2. The van der Waals surface area contributed by atoms with Crippen LogP contribution in [0.2, 0.25) is 10.0 Å². The number of nitrogens with one attached hydrogen (secondary N) is 1. The number of benzene rings is 1. The van der Waals surface area contributed by atoms with Crippen LogP contribution >= 0.6 is 23.2 Å². The van der Waals surface area contributed by atoms with Crippen LogP contribution < -0.4 is 5.32 Å². The van der Waals surface area contributed by atoms with Crippen LogP contribution in [-0.2, 0) is 11.3 Å². The summed E-state index contributed by atoms with van der Waals surface area (Å²) in [5.41, 5.74) is 0.921. The third-order valence-corrected chi connectivity index (χ3v) is 2.53. The van der Waals surface area contributed by atoms with E-state index in [-0.39, 0.29) is 5.91 Å². The lowest BCUT2D eigenvalue weighted by molar-refractivity contribution is -0.129. The Morgan fingerprint density at radius 3 is 2.38 bits per heavy atom. The number of carbonyl (C=O) groups is 1. The van der Waals surface area contributed by atoms with Crippen molar-refractivity contribution in [2.75, 3.05) is 20.6 Å². The number of carbonyl (C=O) groups excluding carboxylic acids is 1. The third-order valence-electron chi connectivity index (χ3n) is 2.10. The van der Waals surface area contributed by atoms with E-state index in [2.05, 4.69) is 5.32 Å². The molecule has 88 valence electrons. The van der Waals surface area contributed by atoms with Gasteiger partial charge in [0.25, 0.3) is 0 Å². The fourth-order valence-electron chi connectivity index (χ4n) is 1.35. The van der Waals surface area contributed by atoms with Crippen molar-refractivity contribution < 1.29 is 4.79 Å². The highest BCUT2D eigenvalue weighted by Gasteiger charge is 2.08. The van der Waals surface area contributed by atoms with Crippen molar-refractivity contribution in [1.82, 2.24) is 10.2 Å². The molecule has 1 aromatic rings. The zero-order valence-electron chi connectivity index (χ0n) is 9.26. The van der Waals surface area contributed by atoms with Crippen LogP contribution in [0.1, 0.15) is 5.56 Å². The molecular weight excluding hydrogens is 247 g/mol. The zero-order chi connectivity index (χ0) is 12.1. The van der Waals surface area contributed by atoms with E-state index in [9.17, 15) is 4.79 Å². The van der Waals surface area contributed by atoms with Crippen LogP contribution in [0.3, 0.4) is 0 Å². The molecule has 0 atom stereocenters. The molecule has 0 spiro atoms. The minimum atomic E-state index is 0.0265. The first-order valence-electron chi connectivity index (χ1n) is 4.86. The number of amides is 1. The Labute approximate surface area is 105 Å². The Bertz CT molecular complexity index is 362. The Kier molecular flexibility index (Phi) is 5.06. The molecule has 1 rings (SSSR count). The molecule has 0 aliphatic heterocycles. The largest absolute Gasteiger partial charge is 0.340 e. The van der Waals surface area contributed by atoms with Gasteiger partial charge in [-0.3, -0.25) is 4.79 Å². The Hall–Kier alpha value is -0.770. The van der Waals surface area contributed by atoms with Gasteiger partial charge in [0.05, 0.1) is 6.54 Å². The van der Waals surface area contributed by atoms with E-state index in [1.807, 2.05) is 0 Å². The summed E-state index contributed by atoms with van der Waals surface area (Å²) in [5, 5.41) is 3.97. The first kappa shape index (κ1) is 13.3. The summed E-state index contributed by atoms with van der Waals surface area (Å²) in [6.07, 6.45) is 0. The molecule has 0 radical (unpaired) electrons. The van der Waals surface area contributed by atoms with Crippen molar-refractivity contribution >= 4 is 29.1 Å². The molecule has 0 saturated carbocycles. The topological polar surface area (TPSA) is 32.3 Å². The molecule has 16 heavy (non-hydrogen) atoms. The Balaban J connectivity index is 2.69. The fourth-order valence-corrected chi connectivity index (χ4v) is 1.92. The van der Waals surface area contributed by atoms with Gasteiger partial charge in [0.2, 0.25) is 5.91 Å². The summed E-state index contributed by atoms with van der Waals surface area (Å²) in [6, 6.07) is 5.27. The molecule has 1 amide bonds. The molecule has 0 aliphatic rings. The summed E-state index contributed by atoms with van der Waals surface area (Å²) in [5.74, 6) is 0.0265. The first-order chi connectivity index (χ1) is 7.52. The van der Waals surface area contributed by atoms with E-state index in [0.29, 0.717) is 23.1 Å². The number of hydrogen-bond donors (Lipinski definition) is 1. The Morgan fingerprint density at radius 2 is 1.88 bits per heavy atom. The van der Waals surface area contributed by atoms with E-state index in [4.69, 9.17) is 23.2 Å². The van der Waals surface area contributed by atoms with E-state index in [1.165, 1.54) is 0 Å². The lowest BCUT2D eigenvalue weighted by Crippen LogP contribution is -2.33.